The number of rotatable bonds is 3. The zero-order valence-corrected chi connectivity index (χ0v) is 20.0. The molecule has 1 saturated heterocycles. The van der Waals surface area contributed by atoms with Crippen LogP contribution in [0.15, 0.2) is 45.0 Å². The average Bonchev–Trinajstić information content (AvgIpc) is 3.25. The second-order valence-corrected chi connectivity index (χ2v) is 10.2. The fourth-order valence-electron chi connectivity index (χ4n) is 5.11. The third-order valence-electron chi connectivity index (χ3n) is 6.32. The van der Waals surface area contributed by atoms with Gasteiger partial charge in [0.15, 0.2) is 5.76 Å². The summed E-state index contributed by atoms with van der Waals surface area (Å²) in [7, 11) is 0. The molecule has 0 unspecified atom stereocenters. The Balaban J connectivity index is 1.49. The number of piperidine rings is 1. The molecular weight excluding hydrogens is 470 g/mol. The fraction of sp³-hybridized carbons (Fsp3) is 0.346. The van der Waals surface area contributed by atoms with Crippen molar-refractivity contribution in [3.8, 4) is 11.5 Å². The van der Waals surface area contributed by atoms with Crippen molar-refractivity contribution in [2.45, 2.75) is 33.7 Å². The van der Waals surface area contributed by atoms with Crippen molar-refractivity contribution in [2.75, 3.05) is 13.1 Å². The van der Waals surface area contributed by atoms with E-state index in [1.165, 1.54) is 6.42 Å². The van der Waals surface area contributed by atoms with Crippen molar-refractivity contribution in [1.82, 2.24) is 4.90 Å². The number of nitrogens with zero attached hydrogens (tertiary/aromatic N) is 1. The van der Waals surface area contributed by atoms with Crippen molar-refractivity contribution in [3.63, 3.8) is 0 Å². The van der Waals surface area contributed by atoms with Crippen LogP contribution >= 0.6 is 15.9 Å². The third-order valence-corrected chi connectivity index (χ3v) is 6.81. The van der Waals surface area contributed by atoms with E-state index in [1.54, 1.807) is 12.1 Å². The second-order valence-electron chi connectivity index (χ2n) is 9.31. The van der Waals surface area contributed by atoms with E-state index in [-0.39, 0.29) is 17.3 Å². The van der Waals surface area contributed by atoms with Crippen LogP contribution in [0.5, 0.6) is 11.5 Å². The zero-order valence-electron chi connectivity index (χ0n) is 18.4. The lowest BCUT2D eigenvalue weighted by molar-refractivity contribution is 0.101. The molecule has 0 saturated carbocycles. The molecule has 6 heteroatoms. The van der Waals surface area contributed by atoms with Gasteiger partial charge in [-0.3, -0.25) is 9.69 Å². The van der Waals surface area contributed by atoms with Crippen LogP contribution in [0.3, 0.4) is 0 Å². The number of fused-ring (bicyclic) bond motifs is 2. The molecule has 2 aromatic carbocycles. The smallest absolute Gasteiger partial charge is 0.232 e. The fourth-order valence-corrected chi connectivity index (χ4v) is 5.49. The minimum Gasteiger partial charge on any atom is -0.507 e. The van der Waals surface area contributed by atoms with E-state index in [1.807, 2.05) is 31.2 Å². The summed E-state index contributed by atoms with van der Waals surface area (Å²) >= 11 is 3.47. The minimum atomic E-state index is -0.180. The van der Waals surface area contributed by atoms with Gasteiger partial charge >= 0.3 is 0 Å². The van der Waals surface area contributed by atoms with Gasteiger partial charge in [-0.25, -0.2) is 0 Å². The molecule has 3 aromatic rings. The quantitative estimate of drug-likeness (QED) is 0.431. The van der Waals surface area contributed by atoms with E-state index in [9.17, 15) is 9.90 Å². The summed E-state index contributed by atoms with van der Waals surface area (Å²) < 4.78 is 12.9. The largest absolute Gasteiger partial charge is 0.507 e. The number of benzene rings is 2. The molecule has 5 nitrogen and oxygen atoms in total. The maximum atomic E-state index is 13.2. The summed E-state index contributed by atoms with van der Waals surface area (Å²) in [4.78, 5) is 15.6. The number of phenolic OH excluding ortho intramolecular Hbond substituents is 1. The molecular formula is C26H26BrNO4. The Morgan fingerprint density at radius 2 is 1.94 bits per heavy atom. The van der Waals surface area contributed by atoms with Gasteiger partial charge in [0.1, 0.15) is 22.8 Å². The summed E-state index contributed by atoms with van der Waals surface area (Å²) in [5.41, 5.74) is 2.66. The van der Waals surface area contributed by atoms with Crippen molar-refractivity contribution in [3.05, 3.63) is 63.0 Å². The predicted octanol–water partition coefficient (Wildman–Crippen LogP) is 6.30. The van der Waals surface area contributed by atoms with Crippen LogP contribution in [0, 0.1) is 18.8 Å². The van der Waals surface area contributed by atoms with Gasteiger partial charge < -0.3 is 14.3 Å². The molecule has 2 aliphatic rings. The topological polar surface area (TPSA) is 62.9 Å². The van der Waals surface area contributed by atoms with Crippen molar-refractivity contribution >= 4 is 38.8 Å². The number of hydrogen-bond donors (Lipinski definition) is 1. The number of ketones is 1. The van der Waals surface area contributed by atoms with Gasteiger partial charge in [-0.05, 0) is 61.1 Å². The molecule has 0 radical (unpaired) electrons. The molecule has 0 bridgehead atoms. The molecule has 1 N–H and O–H groups in total. The Morgan fingerprint density at radius 1 is 1.19 bits per heavy atom. The Labute approximate surface area is 195 Å². The number of carbonyl (C=O) groups is 1. The number of likely N-dealkylation sites (tertiary alicyclic amines) is 1. The molecule has 0 amide bonds. The molecule has 5 rings (SSSR count). The van der Waals surface area contributed by atoms with E-state index < -0.39 is 0 Å². The summed E-state index contributed by atoms with van der Waals surface area (Å²) in [6, 6.07) is 9.32. The third kappa shape index (κ3) is 3.86. The van der Waals surface area contributed by atoms with Gasteiger partial charge in [0.25, 0.3) is 0 Å². The number of ether oxygens (including phenoxy) is 1. The van der Waals surface area contributed by atoms with Crippen molar-refractivity contribution in [2.24, 2.45) is 11.8 Å². The molecule has 2 atom stereocenters. The Bertz CT molecular complexity index is 1250. The number of aryl methyl sites for hydroxylation is 1. The summed E-state index contributed by atoms with van der Waals surface area (Å²) in [6.07, 6.45) is 2.85. The standard InChI is InChI=1S/C26H26BrNO4/c1-14-6-15(2)12-28(11-14)13-20-21(29)7-16(3)24-25(30)23(32-26(20)24)10-19-9-17-8-18(27)4-5-22(17)31-19/h4-5,7-10,14-15,29H,6,11-13H2,1-3H3/t14-,15-/m0/s1. The number of Topliss-reactive ketones (excluding diaryl/α,β-unsaturated/α-hetero) is 1. The van der Waals surface area contributed by atoms with Crippen LogP contribution in [0.2, 0.25) is 0 Å². The van der Waals surface area contributed by atoms with Crippen LogP contribution in [-0.2, 0) is 6.54 Å². The van der Waals surface area contributed by atoms with E-state index in [2.05, 4.69) is 34.7 Å². The maximum absolute atomic E-state index is 13.2. The summed E-state index contributed by atoms with van der Waals surface area (Å²) in [5.74, 6) is 2.44. The van der Waals surface area contributed by atoms with Crippen LogP contribution in [-0.4, -0.2) is 28.9 Å². The zero-order chi connectivity index (χ0) is 22.6. The SMILES string of the molecule is Cc1cc(O)c(CN2C[C@@H](C)C[C@H](C)C2)c2c1C(=O)C(=Cc1cc3cc(Br)ccc3o1)O2. The first-order chi connectivity index (χ1) is 15.3. The van der Waals surface area contributed by atoms with Gasteiger partial charge in [-0.1, -0.05) is 29.8 Å². The normalized spacial score (nSPS) is 22.5. The molecule has 1 aromatic heterocycles. The lowest BCUT2D eigenvalue weighted by atomic mass is 9.91. The minimum absolute atomic E-state index is 0.176. The number of furan rings is 1. The van der Waals surface area contributed by atoms with E-state index >= 15 is 0 Å². The Hall–Kier alpha value is -2.57. The number of allylic oxidation sites excluding steroid dienone is 1. The monoisotopic (exact) mass is 495 g/mol. The number of aromatic hydroxyl groups is 1. The van der Waals surface area contributed by atoms with Gasteiger partial charge in [-0.15, -0.1) is 0 Å². The lowest BCUT2D eigenvalue weighted by Gasteiger charge is -2.35. The molecule has 166 valence electrons. The van der Waals surface area contributed by atoms with Gasteiger partial charge in [0, 0.05) is 35.6 Å². The van der Waals surface area contributed by atoms with E-state index in [0.29, 0.717) is 46.6 Å². The first-order valence-electron chi connectivity index (χ1n) is 11.0. The Kier molecular flexibility index (Phi) is 5.38. The van der Waals surface area contributed by atoms with Crippen molar-refractivity contribution in [1.29, 1.82) is 0 Å². The van der Waals surface area contributed by atoms with Gasteiger partial charge in [0.2, 0.25) is 5.78 Å². The second kappa shape index (κ2) is 8.09. The van der Waals surface area contributed by atoms with Gasteiger partial charge in [0.05, 0.1) is 11.1 Å². The molecule has 32 heavy (non-hydrogen) atoms. The molecule has 3 heterocycles. The number of hydrogen-bond acceptors (Lipinski definition) is 5. The van der Waals surface area contributed by atoms with E-state index in [4.69, 9.17) is 9.15 Å². The summed E-state index contributed by atoms with van der Waals surface area (Å²) in [5, 5.41) is 11.7. The number of halogens is 1. The van der Waals surface area contributed by atoms with Crippen LogP contribution in [0.25, 0.3) is 17.0 Å². The maximum Gasteiger partial charge on any atom is 0.232 e. The predicted molar refractivity (Wildman–Crippen MR) is 128 cm³/mol. The van der Waals surface area contributed by atoms with Crippen LogP contribution in [0.4, 0.5) is 0 Å². The lowest BCUT2D eigenvalue weighted by Crippen LogP contribution is -2.38. The first-order valence-corrected chi connectivity index (χ1v) is 11.8. The highest BCUT2D eigenvalue weighted by molar-refractivity contribution is 9.10. The number of carbonyl (C=O) groups excluding carboxylic acids is 1. The molecule has 2 aliphatic heterocycles. The highest BCUT2D eigenvalue weighted by Gasteiger charge is 2.34. The van der Waals surface area contributed by atoms with Crippen LogP contribution < -0.4 is 4.74 Å². The molecule has 0 spiro atoms. The Morgan fingerprint density at radius 3 is 2.69 bits per heavy atom. The first kappa shape index (κ1) is 21.3. The summed E-state index contributed by atoms with van der Waals surface area (Å²) in [6.45, 7) is 8.84. The highest BCUT2D eigenvalue weighted by Crippen LogP contribution is 2.43. The molecule has 0 aliphatic carbocycles. The van der Waals surface area contributed by atoms with Crippen LogP contribution in [0.1, 0.15) is 47.5 Å². The van der Waals surface area contributed by atoms with Gasteiger partial charge in [-0.2, -0.15) is 0 Å². The highest BCUT2D eigenvalue weighted by atomic mass is 79.9. The molecule has 1 fully saturated rings. The van der Waals surface area contributed by atoms with E-state index in [0.717, 1.165) is 28.5 Å². The number of phenols is 1. The van der Waals surface area contributed by atoms with Crippen molar-refractivity contribution < 1.29 is 19.1 Å². The average molecular weight is 496 g/mol.